The molecule has 134 valence electrons. The second kappa shape index (κ2) is 8.41. The summed E-state index contributed by atoms with van der Waals surface area (Å²) < 4.78 is 11.1. The average Bonchev–Trinajstić information content (AvgIpc) is 3.31. The monoisotopic (exact) mass is 390 g/mol. The van der Waals surface area contributed by atoms with Crippen LogP contribution in [-0.4, -0.2) is 25.2 Å². The highest BCUT2D eigenvalue weighted by atomic mass is 35.5. The van der Waals surface area contributed by atoms with Gasteiger partial charge in [0.1, 0.15) is 23.2 Å². The molecule has 0 saturated carbocycles. The van der Waals surface area contributed by atoms with E-state index in [1.165, 1.54) is 6.08 Å². The maximum Gasteiger partial charge on any atom is 0.262 e. The van der Waals surface area contributed by atoms with Crippen LogP contribution < -0.4 is 5.32 Å². The summed E-state index contributed by atoms with van der Waals surface area (Å²) in [4.78, 5) is 12.2. The molecule has 1 atom stereocenters. The summed E-state index contributed by atoms with van der Waals surface area (Å²) in [6.07, 6.45) is 3.33. The highest BCUT2D eigenvalue weighted by molar-refractivity contribution is 6.42. The van der Waals surface area contributed by atoms with Gasteiger partial charge >= 0.3 is 0 Å². The highest BCUT2D eigenvalue weighted by Gasteiger charge is 2.18. The molecule has 26 heavy (non-hydrogen) atoms. The predicted octanol–water partition coefficient (Wildman–Crippen LogP) is 4.46. The van der Waals surface area contributed by atoms with E-state index >= 15 is 0 Å². The molecule has 1 aliphatic heterocycles. The number of nitrogens with one attached hydrogen (secondary N) is 1. The minimum Gasteiger partial charge on any atom is -0.457 e. The van der Waals surface area contributed by atoms with Crippen molar-refractivity contribution >= 4 is 35.2 Å². The van der Waals surface area contributed by atoms with Crippen molar-refractivity contribution in [2.75, 3.05) is 13.2 Å². The van der Waals surface area contributed by atoms with Gasteiger partial charge in [0.05, 0.1) is 16.1 Å². The number of carbonyl (C=O) groups is 1. The molecular formula is C19H16Cl2N2O3. The topological polar surface area (TPSA) is 75.3 Å². The van der Waals surface area contributed by atoms with Gasteiger partial charge < -0.3 is 14.5 Å². The first-order chi connectivity index (χ1) is 12.6. The van der Waals surface area contributed by atoms with Crippen LogP contribution in [0.15, 0.2) is 40.3 Å². The van der Waals surface area contributed by atoms with Crippen molar-refractivity contribution in [2.45, 2.75) is 18.9 Å². The third-order valence-corrected chi connectivity index (χ3v) is 4.74. The Balaban J connectivity index is 1.71. The van der Waals surface area contributed by atoms with Crippen LogP contribution in [0.5, 0.6) is 0 Å². The van der Waals surface area contributed by atoms with Crippen molar-refractivity contribution in [2.24, 2.45) is 0 Å². The minimum atomic E-state index is -0.449. The van der Waals surface area contributed by atoms with Crippen LogP contribution in [0.4, 0.5) is 0 Å². The molecule has 1 unspecified atom stereocenters. The van der Waals surface area contributed by atoms with E-state index in [-0.39, 0.29) is 11.7 Å². The van der Waals surface area contributed by atoms with E-state index in [2.05, 4.69) is 5.32 Å². The summed E-state index contributed by atoms with van der Waals surface area (Å²) in [7, 11) is 0. The molecule has 2 aromatic rings. The maximum absolute atomic E-state index is 12.2. The van der Waals surface area contributed by atoms with E-state index in [9.17, 15) is 10.1 Å². The minimum absolute atomic E-state index is 0.0174. The van der Waals surface area contributed by atoms with Gasteiger partial charge in [0, 0.05) is 24.8 Å². The molecule has 3 rings (SSSR count). The second-order valence-corrected chi connectivity index (χ2v) is 6.66. The Hall–Kier alpha value is -2.26. The number of hydrogen-bond acceptors (Lipinski definition) is 4. The second-order valence-electron chi connectivity index (χ2n) is 5.85. The number of nitrogens with zero attached hydrogens (tertiary/aromatic N) is 1. The SMILES string of the molecule is N#C/C(=C/c1ccc(-c2ccc(Cl)c(Cl)c2)o1)C(=O)NCC1CCCO1. The number of carbonyl (C=O) groups excluding carboxylic acids is 1. The van der Waals surface area contributed by atoms with Crippen LogP contribution in [-0.2, 0) is 9.53 Å². The lowest BCUT2D eigenvalue weighted by Crippen LogP contribution is -2.32. The number of hydrogen-bond donors (Lipinski definition) is 1. The summed E-state index contributed by atoms with van der Waals surface area (Å²) in [5.41, 5.74) is 0.721. The largest absolute Gasteiger partial charge is 0.457 e. The molecule has 0 aliphatic carbocycles. The van der Waals surface area contributed by atoms with Gasteiger partial charge in [-0.1, -0.05) is 23.2 Å². The van der Waals surface area contributed by atoms with Gasteiger partial charge in [-0.05, 0) is 43.2 Å². The lowest BCUT2D eigenvalue weighted by molar-refractivity contribution is -0.117. The summed E-state index contributed by atoms with van der Waals surface area (Å²) in [6, 6.07) is 10.5. The number of nitriles is 1. The summed E-state index contributed by atoms with van der Waals surface area (Å²) >= 11 is 11.9. The number of benzene rings is 1. The summed E-state index contributed by atoms with van der Waals surface area (Å²) in [6.45, 7) is 1.11. The molecule has 1 aliphatic rings. The van der Waals surface area contributed by atoms with Gasteiger partial charge in [-0.3, -0.25) is 4.79 Å². The molecule has 0 spiro atoms. The van der Waals surface area contributed by atoms with Crippen LogP contribution in [0, 0.1) is 11.3 Å². The standard InChI is InChI=1S/C19H16Cl2N2O3/c20-16-5-3-12(9-17(16)21)18-6-4-14(26-18)8-13(10-22)19(24)23-11-15-2-1-7-25-15/h3-6,8-9,15H,1-2,7,11H2,(H,23,24)/b13-8-. The van der Waals surface area contributed by atoms with Crippen molar-refractivity contribution in [3.8, 4) is 17.4 Å². The lowest BCUT2D eigenvalue weighted by atomic mass is 10.2. The van der Waals surface area contributed by atoms with E-state index in [1.54, 1.807) is 30.3 Å². The number of furan rings is 1. The zero-order valence-corrected chi connectivity index (χ0v) is 15.3. The Morgan fingerprint density at radius 1 is 1.31 bits per heavy atom. The molecule has 1 aromatic carbocycles. The highest BCUT2D eigenvalue weighted by Crippen LogP contribution is 2.30. The van der Waals surface area contributed by atoms with Crippen LogP contribution in [0.25, 0.3) is 17.4 Å². The van der Waals surface area contributed by atoms with Gasteiger partial charge in [-0.2, -0.15) is 5.26 Å². The molecule has 1 fully saturated rings. The third kappa shape index (κ3) is 4.47. The zero-order valence-electron chi connectivity index (χ0n) is 13.8. The van der Waals surface area contributed by atoms with E-state index in [0.717, 1.165) is 18.4 Å². The molecule has 0 bridgehead atoms. The van der Waals surface area contributed by atoms with Crippen molar-refractivity contribution in [1.82, 2.24) is 5.32 Å². The molecule has 7 heteroatoms. The molecule has 1 amide bonds. The van der Waals surface area contributed by atoms with Crippen molar-refractivity contribution in [1.29, 1.82) is 5.26 Å². The fourth-order valence-corrected chi connectivity index (χ4v) is 2.93. The molecule has 5 nitrogen and oxygen atoms in total. The van der Waals surface area contributed by atoms with Gasteiger partial charge in [-0.15, -0.1) is 0 Å². The van der Waals surface area contributed by atoms with Gasteiger partial charge in [0.25, 0.3) is 5.91 Å². The first-order valence-corrected chi connectivity index (χ1v) is 8.89. The van der Waals surface area contributed by atoms with Crippen LogP contribution in [0.3, 0.4) is 0 Å². The van der Waals surface area contributed by atoms with Gasteiger partial charge in [0.2, 0.25) is 0 Å². The summed E-state index contributed by atoms with van der Waals surface area (Å²) in [5, 5.41) is 12.9. The number of amides is 1. The quantitative estimate of drug-likeness (QED) is 0.603. The Morgan fingerprint density at radius 3 is 2.85 bits per heavy atom. The van der Waals surface area contributed by atoms with E-state index in [0.29, 0.717) is 34.7 Å². The third-order valence-electron chi connectivity index (χ3n) is 4.00. The van der Waals surface area contributed by atoms with Gasteiger partial charge in [-0.25, -0.2) is 0 Å². The number of ether oxygens (including phenoxy) is 1. The molecule has 2 heterocycles. The van der Waals surface area contributed by atoms with Gasteiger partial charge in [0.15, 0.2) is 0 Å². The number of halogens is 2. The Labute approximate surface area is 161 Å². The zero-order chi connectivity index (χ0) is 18.5. The lowest BCUT2D eigenvalue weighted by Gasteiger charge is -2.09. The summed E-state index contributed by atoms with van der Waals surface area (Å²) in [5.74, 6) is 0.511. The van der Waals surface area contributed by atoms with E-state index < -0.39 is 5.91 Å². The Bertz CT molecular complexity index is 877. The fourth-order valence-electron chi connectivity index (χ4n) is 2.63. The average molecular weight is 391 g/mol. The molecule has 0 radical (unpaired) electrons. The van der Waals surface area contributed by atoms with Crippen LogP contribution in [0.1, 0.15) is 18.6 Å². The van der Waals surface area contributed by atoms with Crippen molar-refractivity contribution in [3.05, 3.63) is 51.7 Å². The Morgan fingerprint density at radius 2 is 2.15 bits per heavy atom. The first kappa shape index (κ1) is 18.5. The van der Waals surface area contributed by atoms with Crippen molar-refractivity contribution in [3.63, 3.8) is 0 Å². The number of rotatable bonds is 5. The fraction of sp³-hybridized carbons (Fsp3) is 0.263. The molecule has 1 saturated heterocycles. The molecule has 1 N–H and O–H groups in total. The molecular weight excluding hydrogens is 375 g/mol. The van der Waals surface area contributed by atoms with Crippen LogP contribution in [0.2, 0.25) is 10.0 Å². The van der Waals surface area contributed by atoms with E-state index in [1.807, 2.05) is 6.07 Å². The van der Waals surface area contributed by atoms with Crippen LogP contribution >= 0.6 is 23.2 Å². The first-order valence-electron chi connectivity index (χ1n) is 8.13. The normalized spacial score (nSPS) is 17.1. The Kier molecular flexibility index (Phi) is 6.00. The maximum atomic E-state index is 12.2. The molecule has 1 aromatic heterocycles. The predicted molar refractivity (Wildman–Crippen MR) is 99.7 cm³/mol. The smallest absolute Gasteiger partial charge is 0.262 e. The van der Waals surface area contributed by atoms with Crippen molar-refractivity contribution < 1.29 is 13.9 Å². The van der Waals surface area contributed by atoms with E-state index in [4.69, 9.17) is 32.4 Å².